The number of esters is 1. The summed E-state index contributed by atoms with van der Waals surface area (Å²) in [5.74, 6) is 0.0992. The van der Waals surface area contributed by atoms with Gasteiger partial charge in [0.25, 0.3) is 5.91 Å². The molecule has 1 aromatic heterocycles. The Balaban J connectivity index is 1.57. The third-order valence-electron chi connectivity index (χ3n) is 5.95. The smallest absolute Gasteiger partial charge is 0.306 e. The van der Waals surface area contributed by atoms with Crippen molar-refractivity contribution in [2.75, 3.05) is 19.7 Å². The lowest BCUT2D eigenvalue weighted by Crippen LogP contribution is -2.39. The Morgan fingerprint density at radius 2 is 1.72 bits per heavy atom. The number of aromatic nitrogens is 2. The van der Waals surface area contributed by atoms with Gasteiger partial charge >= 0.3 is 5.97 Å². The van der Waals surface area contributed by atoms with Crippen LogP contribution >= 0.6 is 0 Å². The largest absolute Gasteiger partial charge is 0.466 e. The van der Waals surface area contributed by atoms with Crippen molar-refractivity contribution in [3.8, 4) is 16.9 Å². The van der Waals surface area contributed by atoms with Gasteiger partial charge in [-0.25, -0.2) is 4.68 Å². The van der Waals surface area contributed by atoms with Crippen LogP contribution in [0.15, 0.2) is 60.8 Å². The van der Waals surface area contributed by atoms with Crippen molar-refractivity contribution >= 4 is 11.9 Å². The summed E-state index contributed by atoms with van der Waals surface area (Å²) in [6.07, 6.45) is 3.86. The average Bonchev–Trinajstić information content (AvgIpc) is 3.26. The highest BCUT2D eigenvalue weighted by atomic mass is 16.5. The molecule has 1 saturated heterocycles. The summed E-state index contributed by atoms with van der Waals surface area (Å²) < 4.78 is 6.85. The van der Waals surface area contributed by atoms with E-state index >= 15 is 0 Å². The summed E-state index contributed by atoms with van der Waals surface area (Å²) in [6, 6.07) is 17.9. The van der Waals surface area contributed by atoms with Gasteiger partial charge in [0.15, 0.2) is 0 Å². The molecule has 32 heavy (non-hydrogen) atoms. The SMILES string of the molecule is CCOC(=O)CC1CCN(C(=O)c2cn(-c3ccccc3)nc2-c2ccc(C)cc2)CC1. The molecule has 4 rings (SSSR count). The fourth-order valence-electron chi connectivity index (χ4n) is 4.13. The molecule has 0 aliphatic carbocycles. The van der Waals surface area contributed by atoms with Gasteiger partial charge in [-0.15, -0.1) is 0 Å². The van der Waals surface area contributed by atoms with Crippen molar-refractivity contribution in [2.45, 2.75) is 33.1 Å². The number of benzene rings is 2. The highest BCUT2D eigenvalue weighted by molar-refractivity contribution is 6.00. The molecule has 3 aromatic rings. The first kappa shape index (κ1) is 21.8. The molecule has 2 aromatic carbocycles. The highest BCUT2D eigenvalue weighted by Gasteiger charge is 2.28. The van der Waals surface area contributed by atoms with Crippen LogP contribution in [0.1, 0.15) is 42.1 Å². The van der Waals surface area contributed by atoms with Crippen molar-refractivity contribution in [3.05, 3.63) is 71.9 Å². The molecule has 0 spiro atoms. The number of hydrogen-bond donors (Lipinski definition) is 0. The van der Waals surface area contributed by atoms with E-state index in [1.807, 2.05) is 79.5 Å². The molecule has 6 nitrogen and oxygen atoms in total. The lowest BCUT2D eigenvalue weighted by Gasteiger charge is -2.31. The van der Waals surface area contributed by atoms with Crippen LogP contribution in [0, 0.1) is 12.8 Å². The summed E-state index contributed by atoms with van der Waals surface area (Å²) in [5.41, 5.74) is 4.28. The lowest BCUT2D eigenvalue weighted by molar-refractivity contribution is -0.144. The summed E-state index contributed by atoms with van der Waals surface area (Å²) in [7, 11) is 0. The zero-order valence-corrected chi connectivity index (χ0v) is 18.7. The van der Waals surface area contributed by atoms with Crippen molar-refractivity contribution in [2.24, 2.45) is 5.92 Å². The molecular weight excluding hydrogens is 402 g/mol. The minimum atomic E-state index is -0.150. The fourth-order valence-corrected chi connectivity index (χ4v) is 4.13. The van der Waals surface area contributed by atoms with Crippen molar-refractivity contribution in [1.82, 2.24) is 14.7 Å². The number of ether oxygens (including phenoxy) is 1. The quantitative estimate of drug-likeness (QED) is 0.533. The molecule has 0 N–H and O–H groups in total. The van der Waals surface area contributed by atoms with E-state index in [-0.39, 0.29) is 17.8 Å². The second-order valence-corrected chi connectivity index (χ2v) is 8.28. The zero-order chi connectivity index (χ0) is 22.5. The van der Waals surface area contributed by atoms with Crippen molar-refractivity contribution in [1.29, 1.82) is 0 Å². The maximum absolute atomic E-state index is 13.5. The van der Waals surface area contributed by atoms with E-state index in [0.29, 0.717) is 37.4 Å². The number of carbonyl (C=O) groups is 2. The Morgan fingerprint density at radius 3 is 2.38 bits per heavy atom. The number of hydrogen-bond acceptors (Lipinski definition) is 4. The summed E-state index contributed by atoms with van der Waals surface area (Å²) in [5, 5.41) is 4.78. The third kappa shape index (κ3) is 4.90. The average molecular weight is 432 g/mol. The molecule has 0 unspecified atom stereocenters. The molecule has 1 aliphatic rings. The number of rotatable bonds is 6. The molecule has 1 amide bonds. The lowest BCUT2D eigenvalue weighted by atomic mass is 9.93. The van der Waals surface area contributed by atoms with Crippen LogP contribution in [0.4, 0.5) is 0 Å². The van der Waals surface area contributed by atoms with E-state index in [4.69, 9.17) is 9.84 Å². The number of nitrogens with zero attached hydrogens (tertiary/aromatic N) is 3. The highest BCUT2D eigenvalue weighted by Crippen LogP contribution is 2.28. The maximum Gasteiger partial charge on any atom is 0.306 e. The Bertz CT molecular complexity index is 1070. The molecule has 0 radical (unpaired) electrons. The number of amides is 1. The Kier molecular flexibility index (Phi) is 6.69. The van der Waals surface area contributed by atoms with Crippen LogP contribution < -0.4 is 0 Å². The molecule has 1 fully saturated rings. The van der Waals surface area contributed by atoms with Gasteiger partial charge in [0.05, 0.1) is 17.9 Å². The predicted octanol–water partition coefficient (Wildman–Crippen LogP) is 4.65. The first-order valence-corrected chi connectivity index (χ1v) is 11.2. The third-order valence-corrected chi connectivity index (χ3v) is 5.95. The van der Waals surface area contributed by atoms with Gasteiger partial charge in [0, 0.05) is 31.3 Å². The number of likely N-dealkylation sites (tertiary alicyclic amines) is 1. The van der Waals surface area contributed by atoms with Crippen LogP contribution in [0.5, 0.6) is 0 Å². The van der Waals surface area contributed by atoms with Crippen LogP contribution in [-0.4, -0.2) is 46.3 Å². The van der Waals surface area contributed by atoms with E-state index in [1.54, 1.807) is 4.68 Å². The zero-order valence-electron chi connectivity index (χ0n) is 18.7. The summed E-state index contributed by atoms with van der Waals surface area (Å²) >= 11 is 0. The van der Waals surface area contributed by atoms with Gasteiger partial charge in [-0.3, -0.25) is 9.59 Å². The molecular formula is C26H29N3O3. The topological polar surface area (TPSA) is 64.4 Å². The fraction of sp³-hybridized carbons (Fsp3) is 0.346. The second kappa shape index (κ2) is 9.81. The van der Waals surface area contributed by atoms with Crippen LogP contribution in [-0.2, 0) is 9.53 Å². The second-order valence-electron chi connectivity index (χ2n) is 8.28. The number of para-hydroxylation sites is 1. The number of aryl methyl sites for hydroxylation is 1. The molecule has 6 heteroatoms. The maximum atomic E-state index is 13.5. The van der Waals surface area contributed by atoms with E-state index in [1.165, 1.54) is 0 Å². The van der Waals surface area contributed by atoms with E-state index in [2.05, 4.69) is 0 Å². The predicted molar refractivity (Wildman–Crippen MR) is 124 cm³/mol. The normalized spacial score (nSPS) is 14.4. The number of carbonyl (C=O) groups excluding carboxylic acids is 2. The van der Waals surface area contributed by atoms with E-state index < -0.39 is 0 Å². The Hall–Kier alpha value is -3.41. The van der Waals surface area contributed by atoms with Crippen LogP contribution in [0.3, 0.4) is 0 Å². The van der Waals surface area contributed by atoms with Crippen LogP contribution in [0.2, 0.25) is 0 Å². The van der Waals surface area contributed by atoms with Gasteiger partial charge in [-0.1, -0.05) is 48.0 Å². The first-order valence-electron chi connectivity index (χ1n) is 11.2. The standard InChI is InChI=1S/C26H29N3O3/c1-3-32-24(30)17-20-13-15-28(16-14-20)26(31)23-18-29(22-7-5-4-6-8-22)27-25(23)21-11-9-19(2)10-12-21/h4-12,18,20H,3,13-17H2,1-2H3. The Morgan fingerprint density at radius 1 is 1.03 bits per heavy atom. The van der Waals surface area contributed by atoms with E-state index in [0.717, 1.165) is 29.7 Å². The van der Waals surface area contributed by atoms with Crippen LogP contribution in [0.25, 0.3) is 16.9 Å². The van der Waals surface area contributed by atoms with Gasteiger partial charge < -0.3 is 9.64 Å². The molecule has 2 heterocycles. The summed E-state index contributed by atoms with van der Waals surface area (Å²) in [6.45, 7) is 5.53. The van der Waals surface area contributed by atoms with E-state index in [9.17, 15) is 9.59 Å². The van der Waals surface area contributed by atoms with Crippen molar-refractivity contribution < 1.29 is 14.3 Å². The Labute approximate surface area is 188 Å². The first-order chi connectivity index (χ1) is 15.5. The molecule has 0 bridgehead atoms. The monoisotopic (exact) mass is 431 g/mol. The number of piperidine rings is 1. The minimum Gasteiger partial charge on any atom is -0.466 e. The molecule has 166 valence electrons. The summed E-state index contributed by atoms with van der Waals surface area (Å²) in [4.78, 5) is 27.2. The van der Waals surface area contributed by atoms with Gasteiger partial charge in [0.2, 0.25) is 0 Å². The molecule has 0 atom stereocenters. The van der Waals surface area contributed by atoms with Gasteiger partial charge in [-0.2, -0.15) is 5.10 Å². The minimum absolute atomic E-state index is 0.0164. The van der Waals surface area contributed by atoms with Crippen molar-refractivity contribution in [3.63, 3.8) is 0 Å². The van der Waals surface area contributed by atoms with Gasteiger partial charge in [-0.05, 0) is 44.7 Å². The molecule has 0 saturated carbocycles. The molecule has 1 aliphatic heterocycles. The van der Waals surface area contributed by atoms with Gasteiger partial charge in [0.1, 0.15) is 5.69 Å².